The third kappa shape index (κ3) is 13.8. The number of piperidine rings is 1. The summed E-state index contributed by atoms with van der Waals surface area (Å²) in [5.74, 6) is -0.0657. The monoisotopic (exact) mass is 560 g/mol. The molecule has 0 aromatic heterocycles. The maximum atomic E-state index is 14.2. The molecule has 1 unspecified atom stereocenters. The normalized spacial score (nSPS) is 20.2. The molecule has 0 saturated carbocycles. The number of halogens is 2. The molecule has 0 radical (unpaired) electrons. The van der Waals surface area contributed by atoms with Gasteiger partial charge in [-0.2, -0.15) is 0 Å². The van der Waals surface area contributed by atoms with Crippen molar-refractivity contribution in [3.05, 3.63) is 82.8 Å². The fourth-order valence-electron chi connectivity index (χ4n) is 5.05. The van der Waals surface area contributed by atoms with Crippen LogP contribution in [-0.2, 0) is 6.54 Å². The van der Waals surface area contributed by atoms with Gasteiger partial charge in [0.1, 0.15) is 5.82 Å². The van der Waals surface area contributed by atoms with Crippen LogP contribution in [0.3, 0.4) is 0 Å². The maximum absolute atomic E-state index is 14.2. The summed E-state index contributed by atoms with van der Waals surface area (Å²) in [6, 6.07) is 6.87. The van der Waals surface area contributed by atoms with E-state index in [0.29, 0.717) is 12.1 Å². The molecule has 2 fully saturated rings. The van der Waals surface area contributed by atoms with E-state index in [4.69, 9.17) is 11.6 Å². The van der Waals surface area contributed by atoms with E-state index in [-0.39, 0.29) is 5.82 Å². The van der Waals surface area contributed by atoms with Gasteiger partial charge in [-0.15, -0.1) is 0 Å². The molecular weight excluding hydrogens is 507 g/mol. The minimum absolute atomic E-state index is 0.0657. The highest BCUT2D eigenvalue weighted by molar-refractivity contribution is 6.29. The van der Waals surface area contributed by atoms with Crippen LogP contribution in [0.4, 0.5) is 4.39 Å². The lowest BCUT2D eigenvalue weighted by molar-refractivity contribution is 0.0156. The SMILES string of the molecule is C/C=C(/Cl)CN1CCN(C2CCN(Cc3ccc(C)cc3F)CC2)C(CC)C1.C/C=C/NC.C/C=C\C=C/C. The lowest BCUT2D eigenvalue weighted by atomic mass is 9.97. The summed E-state index contributed by atoms with van der Waals surface area (Å²) in [7, 11) is 1.88. The van der Waals surface area contributed by atoms with Gasteiger partial charge < -0.3 is 5.32 Å². The Bertz CT molecular complexity index is 893. The molecule has 2 aliphatic rings. The van der Waals surface area contributed by atoms with E-state index >= 15 is 0 Å². The van der Waals surface area contributed by atoms with Gasteiger partial charge in [-0.05, 0) is 84.8 Å². The summed E-state index contributed by atoms with van der Waals surface area (Å²) in [6.45, 7) is 19.3. The number of hydrogen-bond donors (Lipinski definition) is 1. The fourth-order valence-corrected chi connectivity index (χ4v) is 5.21. The van der Waals surface area contributed by atoms with Crippen LogP contribution in [0.25, 0.3) is 0 Å². The number of allylic oxidation sites excluding steroid dienone is 6. The average molecular weight is 561 g/mol. The second-order valence-corrected chi connectivity index (χ2v) is 10.7. The summed E-state index contributed by atoms with van der Waals surface area (Å²) >= 11 is 6.25. The molecule has 0 spiro atoms. The highest BCUT2D eigenvalue weighted by atomic mass is 35.5. The van der Waals surface area contributed by atoms with Gasteiger partial charge in [0.25, 0.3) is 0 Å². The number of aryl methyl sites for hydroxylation is 1. The lowest BCUT2D eigenvalue weighted by Gasteiger charge is -2.47. The molecule has 6 heteroatoms. The number of benzene rings is 1. The average Bonchev–Trinajstić information content (AvgIpc) is 2.95. The van der Waals surface area contributed by atoms with Crippen LogP contribution in [0.15, 0.2) is 65.9 Å². The van der Waals surface area contributed by atoms with Crippen LogP contribution in [0.5, 0.6) is 0 Å². The predicted molar refractivity (Wildman–Crippen MR) is 170 cm³/mol. The van der Waals surface area contributed by atoms with Crippen molar-refractivity contribution in [2.75, 3.05) is 46.3 Å². The molecule has 220 valence electrons. The van der Waals surface area contributed by atoms with Crippen LogP contribution in [0, 0.1) is 12.7 Å². The highest BCUT2D eigenvalue weighted by Gasteiger charge is 2.33. The zero-order valence-corrected chi connectivity index (χ0v) is 26.4. The topological polar surface area (TPSA) is 21.8 Å². The Morgan fingerprint density at radius 1 is 1.00 bits per heavy atom. The van der Waals surface area contributed by atoms with Crippen molar-refractivity contribution in [3.8, 4) is 0 Å². The second-order valence-electron chi connectivity index (χ2n) is 10.2. The molecule has 1 atom stereocenters. The number of nitrogens with one attached hydrogen (secondary N) is 1. The first-order valence-electron chi connectivity index (χ1n) is 14.6. The Morgan fingerprint density at radius 3 is 2.15 bits per heavy atom. The Morgan fingerprint density at radius 2 is 1.67 bits per heavy atom. The summed E-state index contributed by atoms with van der Waals surface area (Å²) in [5, 5.41) is 3.78. The largest absolute Gasteiger partial charge is 0.394 e. The van der Waals surface area contributed by atoms with Crippen LogP contribution in [-0.4, -0.2) is 73.1 Å². The van der Waals surface area contributed by atoms with Gasteiger partial charge >= 0.3 is 0 Å². The maximum Gasteiger partial charge on any atom is 0.127 e. The van der Waals surface area contributed by atoms with E-state index in [1.165, 1.54) is 19.3 Å². The Labute approximate surface area is 244 Å². The second kappa shape index (κ2) is 20.9. The Hall–Kier alpha value is -1.92. The summed E-state index contributed by atoms with van der Waals surface area (Å²) in [4.78, 5) is 7.64. The van der Waals surface area contributed by atoms with Gasteiger partial charge in [0, 0.05) is 62.5 Å². The van der Waals surface area contributed by atoms with Crippen LogP contribution in [0.2, 0.25) is 0 Å². The highest BCUT2D eigenvalue weighted by Crippen LogP contribution is 2.25. The van der Waals surface area contributed by atoms with E-state index in [1.807, 2.05) is 96.5 Å². The molecule has 0 bridgehead atoms. The molecule has 1 aromatic rings. The molecule has 0 amide bonds. The standard InChI is InChI=1S/C23H35ClFN3.C6H10.C4H9N/c1-4-20(24)16-27-12-13-28(21(5-2)17-27)22-8-10-26(11-9-22)15-19-7-6-18(3)14-23(19)25;1-3-5-6-4-2;1-3-4-5-2/h4,6-7,14,21-22H,5,8-13,15-17H2,1-3H3;3-6H,1-2H3;3-5H,1-2H3/b20-4+;5-3-,6-4-;4-3+. The third-order valence-electron chi connectivity index (χ3n) is 7.23. The van der Waals surface area contributed by atoms with Crippen LogP contribution >= 0.6 is 11.6 Å². The van der Waals surface area contributed by atoms with Crippen molar-refractivity contribution in [1.82, 2.24) is 20.0 Å². The van der Waals surface area contributed by atoms with Crippen molar-refractivity contribution < 1.29 is 4.39 Å². The van der Waals surface area contributed by atoms with E-state index in [1.54, 1.807) is 6.07 Å². The molecule has 2 saturated heterocycles. The van der Waals surface area contributed by atoms with Gasteiger partial charge in [0.2, 0.25) is 0 Å². The van der Waals surface area contributed by atoms with E-state index in [9.17, 15) is 4.39 Å². The van der Waals surface area contributed by atoms with E-state index in [2.05, 4.69) is 26.9 Å². The number of rotatable bonds is 8. The number of hydrogen-bond acceptors (Lipinski definition) is 4. The zero-order valence-electron chi connectivity index (χ0n) is 25.6. The van der Waals surface area contributed by atoms with E-state index in [0.717, 1.165) is 62.0 Å². The number of likely N-dealkylation sites (tertiary alicyclic amines) is 1. The summed E-state index contributed by atoms with van der Waals surface area (Å²) in [5.41, 5.74) is 1.81. The molecule has 0 aliphatic carbocycles. The number of nitrogens with zero attached hydrogens (tertiary/aromatic N) is 3. The molecule has 2 aliphatic heterocycles. The molecule has 39 heavy (non-hydrogen) atoms. The summed E-state index contributed by atoms with van der Waals surface area (Å²) < 4.78 is 14.2. The smallest absolute Gasteiger partial charge is 0.127 e. The fraction of sp³-hybridized carbons (Fsp3) is 0.576. The van der Waals surface area contributed by atoms with Gasteiger partial charge in [-0.1, -0.05) is 67.1 Å². The van der Waals surface area contributed by atoms with Gasteiger partial charge in [-0.25, -0.2) is 4.39 Å². The Balaban J connectivity index is 0.000000584. The molecule has 3 rings (SSSR count). The van der Waals surface area contributed by atoms with Crippen molar-refractivity contribution in [2.24, 2.45) is 0 Å². The molecule has 2 heterocycles. The van der Waals surface area contributed by atoms with Crippen LogP contribution in [0.1, 0.15) is 65.0 Å². The first-order valence-corrected chi connectivity index (χ1v) is 15.0. The molecule has 1 aromatic carbocycles. The van der Waals surface area contributed by atoms with Gasteiger partial charge in [0.05, 0.1) is 0 Å². The predicted octanol–water partition coefficient (Wildman–Crippen LogP) is 7.52. The first kappa shape index (κ1) is 35.1. The van der Waals surface area contributed by atoms with Crippen molar-refractivity contribution in [2.45, 2.75) is 79.4 Å². The molecule has 1 N–H and O–H groups in total. The van der Waals surface area contributed by atoms with Crippen molar-refractivity contribution >= 4 is 11.6 Å². The van der Waals surface area contributed by atoms with Crippen molar-refractivity contribution in [1.29, 1.82) is 0 Å². The quantitative estimate of drug-likeness (QED) is 0.332. The minimum Gasteiger partial charge on any atom is -0.394 e. The zero-order chi connectivity index (χ0) is 29.0. The van der Waals surface area contributed by atoms with Crippen molar-refractivity contribution in [3.63, 3.8) is 0 Å². The van der Waals surface area contributed by atoms with Gasteiger partial charge in [0.15, 0.2) is 0 Å². The lowest BCUT2D eigenvalue weighted by Crippen LogP contribution is -2.58. The first-order chi connectivity index (χ1) is 18.8. The Kier molecular flexibility index (Phi) is 18.8. The van der Waals surface area contributed by atoms with Crippen LogP contribution < -0.4 is 5.32 Å². The van der Waals surface area contributed by atoms with Gasteiger partial charge in [-0.3, -0.25) is 14.7 Å². The minimum atomic E-state index is -0.0657. The summed E-state index contributed by atoms with van der Waals surface area (Å²) in [6.07, 6.45) is 17.4. The third-order valence-corrected chi connectivity index (χ3v) is 7.57. The molecular formula is C33H54ClFN4. The van der Waals surface area contributed by atoms with E-state index < -0.39 is 0 Å². The number of piperazine rings is 1. The molecule has 4 nitrogen and oxygen atoms in total.